The number of carboxylic acid groups (broad SMARTS) is 2. The Kier molecular flexibility index (Phi) is 10.8. The second-order valence-corrected chi connectivity index (χ2v) is 6.28. The summed E-state index contributed by atoms with van der Waals surface area (Å²) >= 11 is 0. The van der Waals surface area contributed by atoms with E-state index in [-0.39, 0.29) is 64.8 Å². The van der Waals surface area contributed by atoms with Gasteiger partial charge < -0.3 is 35.6 Å². The minimum Gasteiger partial charge on any atom is -0.545 e. The molecule has 3 rings (SSSR count). The van der Waals surface area contributed by atoms with Crippen LogP contribution in [0.2, 0.25) is 0 Å². The quantitative estimate of drug-likeness (QED) is 0.330. The van der Waals surface area contributed by atoms with Crippen LogP contribution in [0, 0.1) is 0 Å². The first-order valence-corrected chi connectivity index (χ1v) is 8.81. The number of rotatable bonds is 7. The van der Waals surface area contributed by atoms with Crippen molar-refractivity contribution in [3.63, 3.8) is 0 Å². The number of amides is 2. The smallest absolute Gasteiger partial charge is 0.545 e. The molecule has 3 aromatic carbocycles. The first kappa shape index (κ1) is 28.4. The van der Waals surface area contributed by atoms with Gasteiger partial charge in [0.05, 0.1) is 11.9 Å². The van der Waals surface area contributed by atoms with Crippen molar-refractivity contribution >= 4 is 29.4 Å². The predicted molar refractivity (Wildman–Crippen MR) is 105 cm³/mol. The molecule has 3 aromatic rings. The summed E-state index contributed by atoms with van der Waals surface area (Å²) in [6, 6.07) is 16.5. The molecule has 0 saturated carbocycles. The van der Waals surface area contributed by atoms with Crippen molar-refractivity contribution in [3.05, 3.63) is 89.0 Å². The fourth-order valence-electron chi connectivity index (χ4n) is 2.76. The standard InChI is InChI=1S/C22H16N2O7.2Na/c23-19(25)15-10-18(22(29)30)16(11-17(15)21(27)28)20(26)24-12-6-8-14(9-7-12)31-13-4-2-1-3-5-13;;/h1-11H,(H2,23,25)(H,24,26)(H,27,28)(H,29,30);;/q;2*+1/p-2. The number of anilines is 1. The molecule has 0 unspecified atom stereocenters. The SMILES string of the molecule is NC(=O)c1cc(C(=O)[O-])c(C(=O)Nc2ccc(Oc3ccccc3)cc2)cc1C(=O)[O-].[Na+].[Na+]. The molecule has 0 aliphatic heterocycles. The maximum absolute atomic E-state index is 12.6. The molecule has 0 bridgehead atoms. The Morgan fingerprint density at radius 1 is 0.697 bits per heavy atom. The largest absolute Gasteiger partial charge is 1.00 e. The third-order valence-electron chi connectivity index (χ3n) is 4.20. The normalized spacial score (nSPS) is 9.58. The van der Waals surface area contributed by atoms with Gasteiger partial charge in [0, 0.05) is 27.9 Å². The van der Waals surface area contributed by atoms with E-state index in [9.17, 15) is 29.4 Å². The number of aromatic carboxylic acids is 2. The van der Waals surface area contributed by atoms with Gasteiger partial charge in [-0.2, -0.15) is 0 Å². The molecule has 0 aliphatic carbocycles. The molecule has 0 saturated heterocycles. The van der Waals surface area contributed by atoms with E-state index in [1.54, 1.807) is 24.3 Å². The van der Waals surface area contributed by atoms with E-state index >= 15 is 0 Å². The van der Waals surface area contributed by atoms with Gasteiger partial charge in [0.1, 0.15) is 11.5 Å². The van der Waals surface area contributed by atoms with Crippen LogP contribution in [0.15, 0.2) is 66.7 Å². The molecule has 9 nitrogen and oxygen atoms in total. The third kappa shape index (κ3) is 7.16. The van der Waals surface area contributed by atoms with Gasteiger partial charge in [-0.05, 0) is 48.5 Å². The van der Waals surface area contributed by atoms with Crippen LogP contribution >= 0.6 is 0 Å². The van der Waals surface area contributed by atoms with E-state index in [2.05, 4.69) is 5.32 Å². The number of primary amides is 1. The molecule has 0 radical (unpaired) electrons. The van der Waals surface area contributed by atoms with Crippen molar-refractivity contribution in [2.24, 2.45) is 5.73 Å². The second kappa shape index (κ2) is 12.5. The summed E-state index contributed by atoms with van der Waals surface area (Å²) in [5.41, 5.74) is 2.81. The second-order valence-electron chi connectivity index (χ2n) is 6.28. The number of carboxylic acids is 2. The Morgan fingerprint density at radius 3 is 1.70 bits per heavy atom. The maximum atomic E-state index is 12.6. The summed E-state index contributed by atoms with van der Waals surface area (Å²) in [6.45, 7) is 0. The van der Waals surface area contributed by atoms with Gasteiger partial charge in [-0.25, -0.2) is 0 Å². The maximum Gasteiger partial charge on any atom is 1.00 e. The fraction of sp³-hybridized carbons (Fsp3) is 0. The number of hydrogen-bond donors (Lipinski definition) is 2. The molecule has 0 heterocycles. The summed E-state index contributed by atoms with van der Waals surface area (Å²) in [5.74, 6) is -4.61. The molecule has 2 amide bonds. The first-order valence-electron chi connectivity index (χ1n) is 8.81. The number of benzene rings is 3. The summed E-state index contributed by atoms with van der Waals surface area (Å²) in [4.78, 5) is 46.8. The van der Waals surface area contributed by atoms with E-state index in [4.69, 9.17) is 10.5 Å². The van der Waals surface area contributed by atoms with Crippen molar-refractivity contribution in [2.75, 3.05) is 5.32 Å². The van der Waals surface area contributed by atoms with Crippen LogP contribution in [0.5, 0.6) is 11.5 Å². The molecule has 0 aliphatic rings. The summed E-state index contributed by atoms with van der Waals surface area (Å²) in [5, 5.41) is 25.2. The van der Waals surface area contributed by atoms with E-state index in [1.165, 1.54) is 12.1 Å². The Bertz CT molecular complexity index is 1180. The number of nitrogens with one attached hydrogen (secondary N) is 1. The predicted octanol–water partition coefficient (Wildman–Crippen LogP) is -5.43. The van der Waals surface area contributed by atoms with Gasteiger partial charge in [-0.15, -0.1) is 0 Å². The number of carbonyl (C=O) groups is 4. The van der Waals surface area contributed by atoms with Gasteiger partial charge in [0.25, 0.3) is 5.91 Å². The zero-order valence-corrected chi connectivity index (χ0v) is 21.8. The summed E-state index contributed by atoms with van der Waals surface area (Å²) in [6.07, 6.45) is 0. The number of carbonyl (C=O) groups excluding carboxylic acids is 4. The summed E-state index contributed by atoms with van der Waals surface area (Å²) < 4.78 is 5.64. The van der Waals surface area contributed by atoms with E-state index in [0.717, 1.165) is 0 Å². The van der Waals surface area contributed by atoms with Crippen molar-refractivity contribution in [1.82, 2.24) is 0 Å². The molecule has 33 heavy (non-hydrogen) atoms. The van der Waals surface area contributed by atoms with Gasteiger partial charge in [-0.3, -0.25) is 9.59 Å². The average molecular weight is 464 g/mol. The number of ether oxygens (including phenoxy) is 1. The van der Waals surface area contributed by atoms with Crippen molar-refractivity contribution in [1.29, 1.82) is 0 Å². The van der Waals surface area contributed by atoms with Gasteiger partial charge in [0.2, 0.25) is 5.91 Å². The molecule has 11 heteroatoms. The number of para-hydroxylation sites is 1. The van der Waals surface area contributed by atoms with Crippen LogP contribution in [0.25, 0.3) is 0 Å². The van der Waals surface area contributed by atoms with Crippen LogP contribution < -0.4 is 85.1 Å². The minimum absolute atomic E-state index is 0. The molecule has 0 spiro atoms. The first-order chi connectivity index (χ1) is 14.8. The Morgan fingerprint density at radius 2 is 1.18 bits per heavy atom. The molecule has 0 atom stereocenters. The molecule has 3 N–H and O–H groups in total. The molecular formula is C22H14N2Na2O7. The summed E-state index contributed by atoms with van der Waals surface area (Å²) in [7, 11) is 0. The zero-order chi connectivity index (χ0) is 22.5. The Hall–Kier alpha value is -2.66. The van der Waals surface area contributed by atoms with E-state index in [0.29, 0.717) is 23.6 Å². The zero-order valence-electron chi connectivity index (χ0n) is 17.8. The topological polar surface area (TPSA) is 162 Å². The van der Waals surface area contributed by atoms with Crippen LogP contribution in [0.3, 0.4) is 0 Å². The van der Waals surface area contributed by atoms with Crippen LogP contribution in [-0.2, 0) is 0 Å². The van der Waals surface area contributed by atoms with Gasteiger partial charge >= 0.3 is 59.1 Å². The number of nitrogens with two attached hydrogens (primary N) is 1. The molecule has 156 valence electrons. The Balaban J connectivity index is 0.00000272. The van der Waals surface area contributed by atoms with Crippen LogP contribution in [0.4, 0.5) is 5.69 Å². The van der Waals surface area contributed by atoms with Crippen LogP contribution in [0.1, 0.15) is 41.4 Å². The third-order valence-corrected chi connectivity index (χ3v) is 4.20. The van der Waals surface area contributed by atoms with Crippen LogP contribution in [-0.4, -0.2) is 23.8 Å². The van der Waals surface area contributed by atoms with Crippen molar-refractivity contribution in [2.45, 2.75) is 0 Å². The average Bonchev–Trinajstić information content (AvgIpc) is 2.74. The molecule has 0 aromatic heterocycles. The van der Waals surface area contributed by atoms with Gasteiger partial charge in [0.15, 0.2) is 0 Å². The van der Waals surface area contributed by atoms with E-state index in [1.807, 2.05) is 18.2 Å². The molecule has 0 fully saturated rings. The Labute approximate surface area is 232 Å². The monoisotopic (exact) mass is 464 g/mol. The van der Waals surface area contributed by atoms with E-state index < -0.39 is 46.0 Å². The van der Waals surface area contributed by atoms with Crippen molar-refractivity contribution in [3.8, 4) is 11.5 Å². The molecular weight excluding hydrogens is 450 g/mol. The fourth-order valence-corrected chi connectivity index (χ4v) is 2.76. The van der Waals surface area contributed by atoms with Crippen molar-refractivity contribution < 1.29 is 93.2 Å². The number of hydrogen-bond acceptors (Lipinski definition) is 7. The van der Waals surface area contributed by atoms with Gasteiger partial charge in [-0.1, -0.05) is 18.2 Å². The minimum atomic E-state index is -1.80.